The van der Waals surface area contributed by atoms with Crippen LogP contribution >= 0.6 is 0 Å². The monoisotopic (exact) mass is 332 g/mol. The molecule has 0 N–H and O–H groups in total. The number of benzene rings is 2. The SMILES string of the molecule is C=C/C=C\C(=C)c1ccc(-c2ccc(C3CCCCC3)cc2)c(F)c1. The molecule has 0 bridgehead atoms. The summed E-state index contributed by atoms with van der Waals surface area (Å²) in [7, 11) is 0. The predicted molar refractivity (Wildman–Crippen MR) is 106 cm³/mol. The molecule has 1 saturated carbocycles. The van der Waals surface area contributed by atoms with Gasteiger partial charge in [0.15, 0.2) is 0 Å². The molecule has 3 rings (SSSR count). The third-order valence-corrected chi connectivity index (χ3v) is 5.07. The maximum atomic E-state index is 14.6. The van der Waals surface area contributed by atoms with Crippen molar-refractivity contribution in [1.82, 2.24) is 0 Å². The van der Waals surface area contributed by atoms with Crippen molar-refractivity contribution in [1.29, 1.82) is 0 Å². The Labute approximate surface area is 150 Å². The lowest BCUT2D eigenvalue weighted by molar-refractivity contribution is 0.443. The van der Waals surface area contributed by atoms with Crippen molar-refractivity contribution >= 4 is 5.57 Å². The number of hydrogen-bond acceptors (Lipinski definition) is 0. The van der Waals surface area contributed by atoms with Crippen molar-refractivity contribution in [2.75, 3.05) is 0 Å². The number of hydrogen-bond donors (Lipinski definition) is 0. The van der Waals surface area contributed by atoms with Gasteiger partial charge < -0.3 is 0 Å². The Bertz CT molecular complexity index is 774. The van der Waals surface area contributed by atoms with E-state index in [0.717, 1.165) is 16.7 Å². The highest BCUT2D eigenvalue weighted by atomic mass is 19.1. The smallest absolute Gasteiger partial charge is 0.131 e. The summed E-state index contributed by atoms with van der Waals surface area (Å²) in [5.41, 5.74) is 4.52. The summed E-state index contributed by atoms with van der Waals surface area (Å²) in [6, 6.07) is 13.8. The van der Waals surface area contributed by atoms with Gasteiger partial charge in [0.05, 0.1) is 0 Å². The van der Waals surface area contributed by atoms with Crippen molar-refractivity contribution in [3.8, 4) is 11.1 Å². The summed E-state index contributed by atoms with van der Waals surface area (Å²) in [6.07, 6.45) is 11.9. The fraction of sp³-hybridized carbons (Fsp3) is 0.250. The second-order valence-corrected chi connectivity index (χ2v) is 6.77. The van der Waals surface area contributed by atoms with Crippen molar-refractivity contribution in [2.45, 2.75) is 38.0 Å². The zero-order valence-electron chi connectivity index (χ0n) is 14.7. The van der Waals surface area contributed by atoms with Crippen LogP contribution in [0.25, 0.3) is 16.7 Å². The molecular formula is C24H25F. The number of allylic oxidation sites excluding steroid dienone is 4. The van der Waals surface area contributed by atoms with Crippen LogP contribution in [0.15, 0.2) is 73.9 Å². The molecule has 128 valence electrons. The van der Waals surface area contributed by atoms with E-state index in [0.29, 0.717) is 11.5 Å². The van der Waals surface area contributed by atoms with Gasteiger partial charge in [0.2, 0.25) is 0 Å². The molecule has 1 aliphatic carbocycles. The van der Waals surface area contributed by atoms with Gasteiger partial charge in [-0.25, -0.2) is 4.39 Å². The Kier molecular flexibility index (Phi) is 5.65. The van der Waals surface area contributed by atoms with Crippen LogP contribution in [-0.2, 0) is 0 Å². The average molecular weight is 332 g/mol. The maximum absolute atomic E-state index is 14.6. The fourth-order valence-electron chi connectivity index (χ4n) is 3.60. The molecule has 25 heavy (non-hydrogen) atoms. The van der Waals surface area contributed by atoms with E-state index in [1.54, 1.807) is 18.2 Å². The average Bonchev–Trinajstić information content (AvgIpc) is 2.67. The van der Waals surface area contributed by atoms with E-state index < -0.39 is 0 Å². The second kappa shape index (κ2) is 8.11. The van der Waals surface area contributed by atoms with Gasteiger partial charge in [-0.3, -0.25) is 0 Å². The van der Waals surface area contributed by atoms with Gasteiger partial charge in [-0.2, -0.15) is 0 Å². The van der Waals surface area contributed by atoms with E-state index >= 15 is 0 Å². The summed E-state index contributed by atoms with van der Waals surface area (Å²) < 4.78 is 14.6. The predicted octanol–water partition coefficient (Wildman–Crippen LogP) is 7.30. The Morgan fingerprint density at radius 2 is 1.72 bits per heavy atom. The van der Waals surface area contributed by atoms with Crippen LogP contribution in [0.5, 0.6) is 0 Å². The highest BCUT2D eigenvalue weighted by Gasteiger charge is 2.15. The molecule has 2 aromatic rings. The molecule has 0 aliphatic heterocycles. The van der Waals surface area contributed by atoms with Crippen molar-refractivity contribution in [3.63, 3.8) is 0 Å². The normalized spacial score (nSPS) is 15.4. The lowest BCUT2D eigenvalue weighted by atomic mass is 9.83. The lowest BCUT2D eigenvalue weighted by Gasteiger charge is -2.22. The summed E-state index contributed by atoms with van der Waals surface area (Å²) >= 11 is 0. The molecular weight excluding hydrogens is 307 g/mol. The first kappa shape index (κ1) is 17.4. The highest BCUT2D eigenvalue weighted by molar-refractivity contribution is 5.75. The molecule has 2 aromatic carbocycles. The quantitative estimate of drug-likeness (QED) is 0.504. The maximum Gasteiger partial charge on any atom is 0.131 e. The molecule has 1 heteroatoms. The molecule has 0 atom stereocenters. The zero-order valence-corrected chi connectivity index (χ0v) is 14.7. The van der Waals surface area contributed by atoms with Crippen LogP contribution in [0.1, 0.15) is 49.1 Å². The van der Waals surface area contributed by atoms with Crippen LogP contribution in [0.3, 0.4) is 0 Å². The number of halogens is 1. The largest absolute Gasteiger partial charge is 0.206 e. The minimum absolute atomic E-state index is 0.212. The zero-order chi connectivity index (χ0) is 17.6. The molecule has 0 unspecified atom stereocenters. The highest BCUT2D eigenvalue weighted by Crippen LogP contribution is 2.34. The minimum Gasteiger partial charge on any atom is -0.206 e. The summed E-state index contributed by atoms with van der Waals surface area (Å²) in [5.74, 6) is 0.464. The lowest BCUT2D eigenvalue weighted by Crippen LogP contribution is -2.04. The summed E-state index contributed by atoms with van der Waals surface area (Å²) in [4.78, 5) is 0. The molecule has 0 amide bonds. The fourth-order valence-corrected chi connectivity index (χ4v) is 3.60. The third kappa shape index (κ3) is 4.17. The first-order valence-electron chi connectivity index (χ1n) is 9.07. The molecule has 0 nitrogen and oxygen atoms in total. The molecule has 1 fully saturated rings. The topological polar surface area (TPSA) is 0 Å². The van der Waals surface area contributed by atoms with Crippen molar-refractivity contribution in [3.05, 3.63) is 90.8 Å². The van der Waals surface area contributed by atoms with Gasteiger partial charge in [-0.15, -0.1) is 0 Å². The van der Waals surface area contributed by atoms with Crippen LogP contribution < -0.4 is 0 Å². The van der Waals surface area contributed by atoms with Gasteiger partial charge in [0.25, 0.3) is 0 Å². The standard InChI is InChI=1S/C24H25F/c1-3-4-8-18(2)22-15-16-23(24(25)17-22)21-13-11-20(12-14-21)19-9-6-5-7-10-19/h3-4,8,11-17,19H,1-2,5-7,9-10H2/b8-4-. The first-order valence-corrected chi connectivity index (χ1v) is 9.07. The number of rotatable bonds is 5. The van der Waals surface area contributed by atoms with E-state index in [1.165, 1.54) is 37.7 Å². The third-order valence-electron chi connectivity index (χ3n) is 5.07. The van der Waals surface area contributed by atoms with E-state index in [2.05, 4.69) is 37.4 Å². The van der Waals surface area contributed by atoms with E-state index in [-0.39, 0.29) is 5.82 Å². The van der Waals surface area contributed by atoms with Crippen LogP contribution in [-0.4, -0.2) is 0 Å². The van der Waals surface area contributed by atoms with Gasteiger partial charge in [0, 0.05) is 5.56 Å². The Balaban J connectivity index is 1.80. The van der Waals surface area contributed by atoms with Crippen molar-refractivity contribution in [2.24, 2.45) is 0 Å². The minimum atomic E-state index is -0.212. The molecule has 0 aromatic heterocycles. The van der Waals surface area contributed by atoms with Gasteiger partial charge in [-0.1, -0.05) is 87.0 Å². The molecule has 0 heterocycles. The second-order valence-electron chi connectivity index (χ2n) is 6.77. The summed E-state index contributed by atoms with van der Waals surface area (Å²) in [5, 5.41) is 0. The van der Waals surface area contributed by atoms with E-state index in [9.17, 15) is 4.39 Å². The van der Waals surface area contributed by atoms with Gasteiger partial charge >= 0.3 is 0 Å². The van der Waals surface area contributed by atoms with E-state index in [4.69, 9.17) is 0 Å². The molecule has 0 radical (unpaired) electrons. The first-order chi connectivity index (χ1) is 12.2. The molecule has 0 saturated heterocycles. The molecule has 0 spiro atoms. The summed E-state index contributed by atoms with van der Waals surface area (Å²) in [6.45, 7) is 7.60. The van der Waals surface area contributed by atoms with Crippen LogP contribution in [0.2, 0.25) is 0 Å². The Hall–Kier alpha value is -2.41. The molecule has 1 aliphatic rings. The Morgan fingerprint density at radius 3 is 2.36 bits per heavy atom. The van der Waals surface area contributed by atoms with Crippen LogP contribution in [0.4, 0.5) is 4.39 Å². The van der Waals surface area contributed by atoms with Crippen molar-refractivity contribution < 1.29 is 4.39 Å². The van der Waals surface area contributed by atoms with Gasteiger partial charge in [0.1, 0.15) is 5.82 Å². The van der Waals surface area contributed by atoms with Gasteiger partial charge in [-0.05, 0) is 47.1 Å². The Morgan fingerprint density at radius 1 is 1.00 bits per heavy atom. The van der Waals surface area contributed by atoms with E-state index in [1.807, 2.05) is 18.2 Å². The van der Waals surface area contributed by atoms with Crippen LogP contribution in [0, 0.1) is 5.82 Å².